The first-order chi connectivity index (χ1) is 8.70. The Labute approximate surface area is 107 Å². The highest BCUT2D eigenvalue weighted by molar-refractivity contribution is 5.93. The van der Waals surface area contributed by atoms with E-state index in [4.69, 9.17) is 16.2 Å². The van der Waals surface area contributed by atoms with Crippen molar-refractivity contribution in [3.8, 4) is 0 Å². The van der Waals surface area contributed by atoms with Crippen molar-refractivity contribution >= 4 is 11.7 Å². The van der Waals surface area contributed by atoms with E-state index in [-0.39, 0.29) is 12.4 Å². The van der Waals surface area contributed by atoms with E-state index < -0.39 is 0 Å². The maximum absolute atomic E-state index is 8.89. The number of aliphatic hydroxyl groups is 1. The molecule has 1 aromatic heterocycles. The van der Waals surface area contributed by atoms with Crippen molar-refractivity contribution in [3.05, 3.63) is 23.9 Å². The van der Waals surface area contributed by atoms with Gasteiger partial charge in [-0.05, 0) is 12.1 Å². The average molecular weight is 249 g/mol. The van der Waals surface area contributed by atoms with Crippen LogP contribution in [0.15, 0.2) is 18.2 Å². The minimum atomic E-state index is -0.00392. The molecule has 0 unspecified atom stereocenters. The first-order valence-corrected chi connectivity index (χ1v) is 6.10. The van der Waals surface area contributed by atoms with E-state index in [0.717, 1.165) is 38.5 Å². The zero-order valence-electron chi connectivity index (χ0n) is 10.3. The number of nitrogens with one attached hydrogen (secondary N) is 1. The molecule has 6 heteroatoms. The van der Waals surface area contributed by atoms with Crippen molar-refractivity contribution in [1.29, 1.82) is 5.41 Å². The van der Waals surface area contributed by atoms with Gasteiger partial charge in [0.2, 0.25) is 0 Å². The summed E-state index contributed by atoms with van der Waals surface area (Å²) in [5.41, 5.74) is 5.96. The van der Waals surface area contributed by atoms with Crippen LogP contribution in [-0.4, -0.2) is 60.2 Å². The van der Waals surface area contributed by atoms with Crippen molar-refractivity contribution in [3.63, 3.8) is 0 Å². The van der Waals surface area contributed by atoms with Gasteiger partial charge in [-0.15, -0.1) is 0 Å². The fraction of sp³-hybridized carbons (Fsp3) is 0.500. The van der Waals surface area contributed by atoms with Crippen molar-refractivity contribution in [2.45, 2.75) is 0 Å². The molecule has 6 nitrogen and oxygen atoms in total. The Bertz CT molecular complexity index is 415. The van der Waals surface area contributed by atoms with Gasteiger partial charge in [0.15, 0.2) is 0 Å². The number of β-amino-alcohol motifs (C(OH)–C–C–N with tert-alkyl or cyclic N) is 1. The van der Waals surface area contributed by atoms with Crippen LogP contribution >= 0.6 is 0 Å². The summed E-state index contributed by atoms with van der Waals surface area (Å²) in [6, 6.07) is 5.56. The van der Waals surface area contributed by atoms with E-state index in [0.29, 0.717) is 5.69 Å². The summed E-state index contributed by atoms with van der Waals surface area (Å²) in [4.78, 5) is 8.78. The topological polar surface area (TPSA) is 89.5 Å². The number of piperazine rings is 1. The number of hydrogen-bond acceptors (Lipinski definition) is 5. The van der Waals surface area contributed by atoms with Gasteiger partial charge in [0.25, 0.3) is 0 Å². The molecular weight excluding hydrogens is 230 g/mol. The maximum Gasteiger partial charge on any atom is 0.141 e. The number of pyridine rings is 1. The van der Waals surface area contributed by atoms with Crippen molar-refractivity contribution in [2.75, 3.05) is 44.2 Å². The number of nitrogen functional groups attached to an aromatic ring is 1. The second-order valence-electron chi connectivity index (χ2n) is 4.35. The second kappa shape index (κ2) is 5.79. The van der Waals surface area contributed by atoms with Gasteiger partial charge in [-0.25, -0.2) is 4.98 Å². The Morgan fingerprint density at radius 3 is 2.67 bits per heavy atom. The number of anilines is 1. The molecule has 1 saturated heterocycles. The van der Waals surface area contributed by atoms with E-state index in [1.807, 2.05) is 12.1 Å². The number of nitrogens with two attached hydrogens (primary N) is 1. The molecule has 0 radical (unpaired) electrons. The lowest BCUT2D eigenvalue weighted by Crippen LogP contribution is -2.47. The molecule has 0 aliphatic carbocycles. The molecule has 0 saturated carbocycles. The first-order valence-electron chi connectivity index (χ1n) is 6.10. The number of hydrogen-bond donors (Lipinski definition) is 3. The van der Waals surface area contributed by atoms with Gasteiger partial charge in [-0.3, -0.25) is 10.3 Å². The Balaban J connectivity index is 2.01. The molecule has 1 aromatic rings. The number of nitrogens with zero attached hydrogens (tertiary/aromatic N) is 3. The van der Waals surface area contributed by atoms with Crippen molar-refractivity contribution in [2.24, 2.45) is 5.73 Å². The predicted octanol–water partition coefficient (Wildman–Crippen LogP) is -0.520. The third-order valence-electron chi connectivity index (χ3n) is 3.12. The molecule has 0 aromatic carbocycles. The Morgan fingerprint density at radius 1 is 1.33 bits per heavy atom. The van der Waals surface area contributed by atoms with E-state index >= 15 is 0 Å². The summed E-state index contributed by atoms with van der Waals surface area (Å²) in [6.45, 7) is 4.55. The number of aliphatic hydroxyl groups excluding tert-OH is 1. The second-order valence-corrected chi connectivity index (χ2v) is 4.35. The lowest BCUT2D eigenvalue weighted by Gasteiger charge is -2.35. The van der Waals surface area contributed by atoms with Crippen LogP contribution in [0.4, 0.5) is 5.82 Å². The van der Waals surface area contributed by atoms with Gasteiger partial charge < -0.3 is 15.7 Å². The van der Waals surface area contributed by atoms with Crippen LogP contribution in [0.1, 0.15) is 5.69 Å². The van der Waals surface area contributed by atoms with Crippen LogP contribution in [0.2, 0.25) is 0 Å². The van der Waals surface area contributed by atoms with Crippen molar-refractivity contribution < 1.29 is 5.11 Å². The highest BCUT2D eigenvalue weighted by Crippen LogP contribution is 2.13. The smallest absolute Gasteiger partial charge is 0.141 e. The van der Waals surface area contributed by atoms with Gasteiger partial charge in [0.05, 0.1) is 6.61 Å². The van der Waals surface area contributed by atoms with E-state index in [2.05, 4.69) is 14.8 Å². The summed E-state index contributed by atoms with van der Waals surface area (Å²) in [5, 5.41) is 16.3. The minimum Gasteiger partial charge on any atom is -0.395 e. The monoisotopic (exact) mass is 249 g/mol. The number of amidine groups is 1. The van der Waals surface area contributed by atoms with Crippen molar-refractivity contribution in [1.82, 2.24) is 9.88 Å². The third kappa shape index (κ3) is 2.96. The molecule has 18 heavy (non-hydrogen) atoms. The summed E-state index contributed by atoms with van der Waals surface area (Å²) < 4.78 is 0. The van der Waals surface area contributed by atoms with Crippen LogP contribution in [0.25, 0.3) is 0 Å². The van der Waals surface area contributed by atoms with Gasteiger partial charge in [-0.2, -0.15) is 0 Å². The molecule has 0 amide bonds. The lowest BCUT2D eigenvalue weighted by molar-refractivity contribution is 0.188. The van der Waals surface area contributed by atoms with Gasteiger partial charge in [0.1, 0.15) is 17.3 Å². The Hall–Kier alpha value is -1.66. The molecule has 1 aliphatic rings. The minimum absolute atomic E-state index is 0.00392. The molecule has 1 fully saturated rings. The standard InChI is InChI=1S/C12H19N5O/c13-12(14)10-2-1-3-11(15-10)17-6-4-16(5-7-17)8-9-18/h1-3,18H,4-9H2,(H3,13,14). The highest BCUT2D eigenvalue weighted by atomic mass is 16.3. The SMILES string of the molecule is N=C(N)c1cccc(N2CCN(CCO)CC2)n1. The third-order valence-corrected chi connectivity index (χ3v) is 3.12. The fourth-order valence-corrected chi connectivity index (χ4v) is 2.09. The molecule has 1 aliphatic heterocycles. The van der Waals surface area contributed by atoms with Crippen LogP contribution in [0.5, 0.6) is 0 Å². The molecular formula is C12H19N5O. The zero-order chi connectivity index (χ0) is 13.0. The Kier molecular flexibility index (Phi) is 4.11. The Morgan fingerprint density at radius 2 is 2.06 bits per heavy atom. The van der Waals surface area contributed by atoms with Crippen LogP contribution in [-0.2, 0) is 0 Å². The summed E-state index contributed by atoms with van der Waals surface area (Å²) in [7, 11) is 0. The molecule has 2 heterocycles. The molecule has 98 valence electrons. The van der Waals surface area contributed by atoms with Crippen LogP contribution < -0.4 is 10.6 Å². The fourth-order valence-electron chi connectivity index (χ4n) is 2.09. The molecule has 2 rings (SSSR count). The zero-order valence-corrected chi connectivity index (χ0v) is 10.3. The largest absolute Gasteiger partial charge is 0.395 e. The first kappa shape index (κ1) is 12.8. The molecule has 4 N–H and O–H groups in total. The van der Waals surface area contributed by atoms with Gasteiger partial charge >= 0.3 is 0 Å². The molecule has 0 spiro atoms. The predicted molar refractivity (Wildman–Crippen MR) is 71.0 cm³/mol. The van der Waals surface area contributed by atoms with Gasteiger partial charge in [-0.1, -0.05) is 6.07 Å². The van der Waals surface area contributed by atoms with E-state index in [1.54, 1.807) is 6.07 Å². The van der Waals surface area contributed by atoms with Crippen LogP contribution in [0.3, 0.4) is 0 Å². The van der Waals surface area contributed by atoms with Gasteiger partial charge in [0, 0.05) is 32.7 Å². The molecule has 0 bridgehead atoms. The highest BCUT2D eigenvalue weighted by Gasteiger charge is 2.17. The molecule has 0 atom stereocenters. The number of rotatable bonds is 4. The average Bonchev–Trinajstić information content (AvgIpc) is 2.40. The summed E-state index contributed by atoms with van der Waals surface area (Å²) in [5.74, 6) is 0.863. The van der Waals surface area contributed by atoms with E-state index in [1.165, 1.54) is 0 Å². The quantitative estimate of drug-likeness (QED) is 0.493. The lowest BCUT2D eigenvalue weighted by atomic mass is 10.3. The van der Waals surface area contributed by atoms with E-state index in [9.17, 15) is 0 Å². The normalized spacial score (nSPS) is 16.8. The number of aromatic nitrogens is 1. The summed E-state index contributed by atoms with van der Waals surface area (Å²) in [6.07, 6.45) is 0. The summed E-state index contributed by atoms with van der Waals surface area (Å²) >= 11 is 0. The maximum atomic E-state index is 8.89. The van der Waals surface area contributed by atoms with Crippen LogP contribution in [0, 0.1) is 5.41 Å².